The van der Waals surface area contributed by atoms with E-state index in [1.165, 1.54) is 12.5 Å². The zero-order valence-corrected chi connectivity index (χ0v) is 18.1. The van der Waals surface area contributed by atoms with Gasteiger partial charge in [0.05, 0.1) is 12.4 Å². The molecular weight excluding hydrogens is 422 g/mol. The number of primary amides is 1. The number of H-pyrrole nitrogens is 1. The number of carboxylic acids is 1. The van der Waals surface area contributed by atoms with Crippen LogP contribution in [0.5, 0.6) is 0 Å². The van der Waals surface area contributed by atoms with E-state index < -0.39 is 54.3 Å². The van der Waals surface area contributed by atoms with Gasteiger partial charge in [-0.25, -0.2) is 4.98 Å². The molecule has 4 amide bonds. The number of aliphatic carboxylic acids is 1. The van der Waals surface area contributed by atoms with Gasteiger partial charge in [0.1, 0.15) is 18.6 Å². The fourth-order valence-electron chi connectivity index (χ4n) is 2.83. The van der Waals surface area contributed by atoms with Crippen LogP contribution in [0.4, 0.5) is 0 Å². The molecule has 1 aromatic rings. The number of carbonyl (C=O) groups is 5. The molecule has 1 aromatic heterocycles. The smallest absolute Gasteiger partial charge is 0.322 e. The SMILES string of the molecule is CC(C)CC(N)C(=O)NC(CCC(N)=O)C(=O)NC(Cc1cnc[nH]1)C(=O)NCC(=O)O. The fourth-order valence-corrected chi connectivity index (χ4v) is 2.83. The van der Waals surface area contributed by atoms with Gasteiger partial charge in [0.25, 0.3) is 0 Å². The topological polar surface area (TPSA) is 222 Å². The Morgan fingerprint density at radius 2 is 1.75 bits per heavy atom. The Hall–Kier alpha value is -3.48. The van der Waals surface area contributed by atoms with Gasteiger partial charge >= 0.3 is 5.97 Å². The molecule has 0 aromatic carbocycles. The van der Waals surface area contributed by atoms with Crippen molar-refractivity contribution in [2.24, 2.45) is 17.4 Å². The summed E-state index contributed by atoms with van der Waals surface area (Å²) in [5.74, 6) is -3.85. The van der Waals surface area contributed by atoms with Crippen molar-refractivity contribution in [1.82, 2.24) is 25.9 Å². The average molecular weight is 454 g/mol. The van der Waals surface area contributed by atoms with Crippen LogP contribution in [0, 0.1) is 5.92 Å². The van der Waals surface area contributed by atoms with Gasteiger partial charge in [-0.15, -0.1) is 0 Å². The number of amides is 4. The summed E-state index contributed by atoms with van der Waals surface area (Å²) in [4.78, 5) is 66.3. The third-order valence-electron chi connectivity index (χ3n) is 4.40. The maximum atomic E-state index is 12.9. The van der Waals surface area contributed by atoms with Crippen molar-refractivity contribution in [3.05, 3.63) is 18.2 Å². The van der Waals surface area contributed by atoms with Crippen LogP contribution in [0.25, 0.3) is 0 Å². The lowest BCUT2D eigenvalue weighted by Gasteiger charge is -2.24. The number of rotatable bonds is 14. The molecule has 9 N–H and O–H groups in total. The van der Waals surface area contributed by atoms with Gasteiger partial charge in [0.15, 0.2) is 0 Å². The number of nitrogens with two attached hydrogens (primary N) is 2. The maximum Gasteiger partial charge on any atom is 0.322 e. The van der Waals surface area contributed by atoms with Crippen molar-refractivity contribution < 1.29 is 29.1 Å². The predicted molar refractivity (Wildman–Crippen MR) is 113 cm³/mol. The van der Waals surface area contributed by atoms with E-state index >= 15 is 0 Å². The van der Waals surface area contributed by atoms with Gasteiger partial charge in [-0.3, -0.25) is 24.0 Å². The van der Waals surface area contributed by atoms with Crippen molar-refractivity contribution in [3.63, 3.8) is 0 Å². The molecular formula is C19H31N7O6. The molecule has 13 nitrogen and oxygen atoms in total. The fraction of sp³-hybridized carbons (Fsp3) is 0.579. The second-order valence-corrected chi connectivity index (χ2v) is 7.76. The number of hydrogen-bond donors (Lipinski definition) is 7. The van der Waals surface area contributed by atoms with Crippen molar-refractivity contribution in [2.45, 2.75) is 57.7 Å². The molecule has 0 aliphatic rings. The van der Waals surface area contributed by atoms with E-state index in [4.69, 9.17) is 16.6 Å². The van der Waals surface area contributed by atoms with E-state index in [2.05, 4.69) is 25.9 Å². The van der Waals surface area contributed by atoms with Crippen molar-refractivity contribution in [1.29, 1.82) is 0 Å². The molecule has 0 saturated heterocycles. The van der Waals surface area contributed by atoms with Gasteiger partial charge in [0.2, 0.25) is 23.6 Å². The third kappa shape index (κ3) is 10.0. The highest BCUT2D eigenvalue weighted by Crippen LogP contribution is 2.06. The molecule has 0 radical (unpaired) electrons. The Labute approximate surface area is 185 Å². The van der Waals surface area contributed by atoms with Crippen molar-refractivity contribution in [3.8, 4) is 0 Å². The van der Waals surface area contributed by atoms with Crippen LogP contribution in [0.3, 0.4) is 0 Å². The quantitative estimate of drug-likeness (QED) is 0.163. The largest absolute Gasteiger partial charge is 0.480 e. The summed E-state index contributed by atoms with van der Waals surface area (Å²) >= 11 is 0. The van der Waals surface area contributed by atoms with Crippen LogP contribution in [-0.2, 0) is 30.4 Å². The Balaban J connectivity index is 2.95. The zero-order valence-electron chi connectivity index (χ0n) is 18.1. The lowest BCUT2D eigenvalue weighted by atomic mass is 10.0. The number of aromatic amines is 1. The lowest BCUT2D eigenvalue weighted by Crippen LogP contribution is -2.56. The van der Waals surface area contributed by atoms with Crippen LogP contribution in [0.15, 0.2) is 12.5 Å². The van der Waals surface area contributed by atoms with Gasteiger partial charge in [0, 0.05) is 24.7 Å². The van der Waals surface area contributed by atoms with E-state index in [9.17, 15) is 24.0 Å². The van der Waals surface area contributed by atoms with Crippen molar-refractivity contribution in [2.75, 3.05) is 6.54 Å². The van der Waals surface area contributed by atoms with Crippen LogP contribution in [0.1, 0.15) is 38.8 Å². The van der Waals surface area contributed by atoms with E-state index in [-0.39, 0.29) is 25.2 Å². The number of imidazole rings is 1. The summed E-state index contributed by atoms with van der Waals surface area (Å²) in [6.07, 6.45) is 2.91. The first-order valence-electron chi connectivity index (χ1n) is 10.1. The van der Waals surface area contributed by atoms with Gasteiger partial charge in [-0.2, -0.15) is 0 Å². The lowest BCUT2D eigenvalue weighted by molar-refractivity contribution is -0.138. The summed E-state index contributed by atoms with van der Waals surface area (Å²) in [7, 11) is 0. The Morgan fingerprint density at radius 1 is 1.09 bits per heavy atom. The second-order valence-electron chi connectivity index (χ2n) is 7.76. The highest BCUT2D eigenvalue weighted by atomic mass is 16.4. The molecule has 0 aliphatic carbocycles. The Bertz CT molecular complexity index is 796. The molecule has 3 unspecified atom stereocenters. The molecule has 0 spiro atoms. The highest BCUT2D eigenvalue weighted by molar-refractivity contribution is 5.94. The standard InChI is InChI=1S/C19H31N7O6/c1-10(2)5-12(20)17(30)25-13(3-4-15(21)27)19(32)26-14(6-11-7-22-9-24-11)18(31)23-8-16(28)29/h7,9-10,12-14H,3-6,8,20H2,1-2H3,(H2,21,27)(H,22,24)(H,23,31)(H,25,30)(H,26,32)(H,28,29). The average Bonchev–Trinajstić information content (AvgIpc) is 3.20. The van der Waals surface area contributed by atoms with E-state index in [1.807, 2.05) is 13.8 Å². The first-order chi connectivity index (χ1) is 15.0. The molecule has 0 bridgehead atoms. The summed E-state index contributed by atoms with van der Waals surface area (Å²) in [5, 5.41) is 16.0. The molecule has 1 rings (SSSR count). The maximum absolute atomic E-state index is 12.9. The van der Waals surface area contributed by atoms with Crippen molar-refractivity contribution >= 4 is 29.6 Å². The highest BCUT2D eigenvalue weighted by Gasteiger charge is 2.29. The van der Waals surface area contributed by atoms with Crippen LogP contribution >= 0.6 is 0 Å². The van der Waals surface area contributed by atoms with E-state index in [0.717, 1.165) is 0 Å². The Morgan fingerprint density at radius 3 is 2.28 bits per heavy atom. The van der Waals surface area contributed by atoms with Crippen LogP contribution in [-0.4, -0.2) is 69.3 Å². The molecule has 13 heteroatoms. The first kappa shape index (κ1) is 26.6. The number of hydrogen-bond acceptors (Lipinski definition) is 7. The minimum absolute atomic E-state index is 0.0134. The van der Waals surface area contributed by atoms with Crippen LogP contribution in [0.2, 0.25) is 0 Å². The normalized spacial score (nSPS) is 13.6. The number of nitrogens with zero attached hydrogens (tertiary/aromatic N) is 1. The predicted octanol–water partition coefficient (Wildman–Crippen LogP) is -2.24. The number of nitrogens with one attached hydrogen (secondary N) is 4. The monoisotopic (exact) mass is 453 g/mol. The molecule has 3 atom stereocenters. The molecule has 32 heavy (non-hydrogen) atoms. The van der Waals surface area contributed by atoms with E-state index in [1.54, 1.807) is 0 Å². The zero-order chi connectivity index (χ0) is 24.3. The molecule has 0 fully saturated rings. The van der Waals surface area contributed by atoms with Gasteiger partial charge in [-0.1, -0.05) is 13.8 Å². The Kier molecular flexibility index (Phi) is 10.8. The summed E-state index contributed by atoms with van der Waals surface area (Å²) < 4.78 is 0. The molecule has 0 aliphatic heterocycles. The van der Waals surface area contributed by atoms with E-state index in [0.29, 0.717) is 12.1 Å². The number of carboxylic acid groups (broad SMARTS) is 1. The number of carbonyl (C=O) groups excluding carboxylic acids is 4. The first-order valence-corrected chi connectivity index (χ1v) is 10.1. The summed E-state index contributed by atoms with van der Waals surface area (Å²) in [6.45, 7) is 3.14. The molecule has 178 valence electrons. The number of aromatic nitrogens is 2. The minimum Gasteiger partial charge on any atom is -0.480 e. The molecule has 0 saturated carbocycles. The van der Waals surface area contributed by atoms with Gasteiger partial charge < -0.3 is 37.5 Å². The van der Waals surface area contributed by atoms with Crippen LogP contribution < -0.4 is 27.4 Å². The summed E-state index contributed by atoms with van der Waals surface area (Å²) in [5.41, 5.74) is 11.5. The molecule has 1 heterocycles. The minimum atomic E-state index is -1.25. The second kappa shape index (κ2) is 13.0. The summed E-state index contributed by atoms with van der Waals surface area (Å²) in [6, 6.07) is -3.21. The third-order valence-corrected chi connectivity index (χ3v) is 4.40. The van der Waals surface area contributed by atoms with Gasteiger partial charge in [-0.05, 0) is 18.8 Å².